The maximum Gasteiger partial charge on any atom is 0.337 e. The van der Waals surface area contributed by atoms with E-state index in [2.05, 4.69) is 4.74 Å². The van der Waals surface area contributed by atoms with Crippen molar-refractivity contribution in [2.75, 3.05) is 46.8 Å². The Hall–Kier alpha value is -2.46. The van der Waals surface area contributed by atoms with E-state index in [0.29, 0.717) is 37.7 Å². The third-order valence-corrected chi connectivity index (χ3v) is 5.25. The highest BCUT2D eigenvalue weighted by Crippen LogP contribution is 2.13. The minimum atomic E-state index is -3.77. The van der Waals surface area contributed by atoms with Crippen LogP contribution < -0.4 is 4.74 Å². The van der Waals surface area contributed by atoms with Gasteiger partial charge in [0, 0.05) is 0 Å². The largest absolute Gasteiger partial charge is 0.491 e. The number of methoxy groups -OCH3 is 1. The van der Waals surface area contributed by atoms with Crippen LogP contribution >= 0.6 is 0 Å². The van der Waals surface area contributed by atoms with E-state index in [-0.39, 0.29) is 18.1 Å². The normalized spacial score (nSPS) is 11.3. The van der Waals surface area contributed by atoms with Gasteiger partial charge < -0.3 is 18.9 Å². The van der Waals surface area contributed by atoms with Crippen molar-refractivity contribution in [3.63, 3.8) is 0 Å². The summed E-state index contributed by atoms with van der Waals surface area (Å²) in [7, 11) is -2.44. The second-order valence-corrected chi connectivity index (χ2v) is 7.79. The number of hydrogen-bond donors (Lipinski definition) is 0. The zero-order valence-corrected chi connectivity index (χ0v) is 17.9. The quantitative estimate of drug-likeness (QED) is 0.267. The minimum absolute atomic E-state index is 0.0686. The van der Waals surface area contributed by atoms with Crippen molar-refractivity contribution in [1.82, 2.24) is 0 Å². The molecule has 0 aromatic heterocycles. The van der Waals surface area contributed by atoms with E-state index in [1.54, 1.807) is 36.4 Å². The van der Waals surface area contributed by atoms with Crippen molar-refractivity contribution in [3.05, 3.63) is 59.7 Å². The number of esters is 1. The van der Waals surface area contributed by atoms with E-state index >= 15 is 0 Å². The van der Waals surface area contributed by atoms with Crippen LogP contribution in [0, 0.1) is 6.92 Å². The second kappa shape index (κ2) is 12.3. The molecule has 2 aromatic carbocycles. The zero-order chi connectivity index (χ0) is 21.8. The van der Waals surface area contributed by atoms with Gasteiger partial charge in [0.2, 0.25) is 0 Å². The first-order chi connectivity index (χ1) is 14.4. The van der Waals surface area contributed by atoms with E-state index in [9.17, 15) is 13.2 Å². The molecule has 30 heavy (non-hydrogen) atoms. The Morgan fingerprint density at radius 3 is 1.97 bits per heavy atom. The van der Waals surface area contributed by atoms with Gasteiger partial charge in [-0.05, 0) is 43.3 Å². The number of carbonyl (C=O) groups excluding carboxylic acids is 1. The molecule has 0 fully saturated rings. The molecule has 164 valence electrons. The van der Waals surface area contributed by atoms with E-state index < -0.39 is 16.1 Å². The molecule has 9 heteroatoms. The van der Waals surface area contributed by atoms with Gasteiger partial charge in [-0.15, -0.1) is 0 Å². The van der Waals surface area contributed by atoms with Gasteiger partial charge in [-0.25, -0.2) is 4.79 Å². The van der Waals surface area contributed by atoms with Crippen LogP contribution in [0.2, 0.25) is 0 Å². The molecule has 0 aliphatic carbocycles. The van der Waals surface area contributed by atoms with Crippen LogP contribution in [0.25, 0.3) is 0 Å². The predicted molar refractivity (Wildman–Crippen MR) is 109 cm³/mol. The highest BCUT2D eigenvalue weighted by Gasteiger charge is 2.14. The molecule has 0 saturated heterocycles. The Morgan fingerprint density at radius 1 is 0.800 bits per heavy atom. The van der Waals surface area contributed by atoms with E-state index in [4.69, 9.17) is 18.4 Å². The maximum atomic E-state index is 12.0. The fourth-order valence-corrected chi connectivity index (χ4v) is 3.21. The van der Waals surface area contributed by atoms with Crippen molar-refractivity contribution >= 4 is 16.1 Å². The summed E-state index contributed by atoms with van der Waals surface area (Å²) in [5, 5.41) is 0. The summed E-state index contributed by atoms with van der Waals surface area (Å²) in [6.45, 7) is 3.30. The fourth-order valence-electron chi connectivity index (χ4n) is 2.32. The molecule has 0 radical (unpaired) electrons. The maximum absolute atomic E-state index is 12.0. The monoisotopic (exact) mass is 438 g/mol. The summed E-state index contributed by atoms with van der Waals surface area (Å²) in [6.07, 6.45) is 0. The lowest BCUT2D eigenvalue weighted by Gasteiger charge is -2.09. The van der Waals surface area contributed by atoms with Gasteiger partial charge in [-0.2, -0.15) is 8.42 Å². The van der Waals surface area contributed by atoms with Crippen LogP contribution in [0.4, 0.5) is 0 Å². The average molecular weight is 438 g/mol. The van der Waals surface area contributed by atoms with Crippen LogP contribution in [0.3, 0.4) is 0 Å². The lowest BCUT2D eigenvalue weighted by Crippen LogP contribution is -2.14. The number of ether oxygens (including phenoxy) is 4. The van der Waals surface area contributed by atoms with Gasteiger partial charge in [0.1, 0.15) is 12.4 Å². The second-order valence-electron chi connectivity index (χ2n) is 6.18. The van der Waals surface area contributed by atoms with E-state index in [1.807, 2.05) is 6.92 Å². The number of rotatable bonds is 13. The Balaban J connectivity index is 1.50. The molecule has 0 bridgehead atoms. The molecule has 0 aliphatic rings. The van der Waals surface area contributed by atoms with Gasteiger partial charge in [0.15, 0.2) is 0 Å². The molecule has 0 heterocycles. The Bertz CT molecular complexity index is 876. The number of benzene rings is 2. The van der Waals surface area contributed by atoms with Gasteiger partial charge in [0.05, 0.1) is 50.6 Å². The molecule has 0 aliphatic heterocycles. The molecular formula is C21H26O8S. The summed E-state index contributed by atoms with van der Waals surface area (Å²) < 4.78 is 49.7. The molecular weight excluding hydrogens is 412 g/mol. The van der Waals surface area contributed by atoms with Gasteiger partial charge in [-0.3, -0.25) is 4.18 Å². The van der Waals surface area contributed by atoms with Crippen molar-refractivity contribution in [3.8, 4) is 5.75 Å². The molecule has 0 amide bonds. The van der Waals surface area contributed by atoms with Crippen LogP contribution in [-0.4, -0.2) is 61.1 Å². The third kappa shape index (κ3) is 8.11. The molecule has 0 atom stereocenters. The minimum Gasteiger partial charge on any atom is -0.491 e. The smallest absolute Gasteiger partial charge is 0.337 e. The molecule has 0 N–H and O–H groups in total. The Kier molecular flexibility index (Phi) is 9.75. The summed E-state index contributed by atoms with van der Waals surface area (Å²) in [5.74, 6) is 0.220. The number of carbonyl (C=O) groups is 1. The SMILES string of the molecule is COC(=O)c1ccc(OCCOCCOCCOS(=O)(=O)c2ccc(C)cc2)cc1. The fraction of sp³-hybridized carbons (Fsp3) is 0.381. The van der Waals surface area contributed by atoms with Crippen LogP contribution in [0.15, 0.2) is 53.4 Å². The van der Waals surface area contributed by atoms with Crippen LogP contribution in [-0.2, 0) is 28.5 Å². The summed E-state index contributed by atoms with van der Waals surface area (Å²) in [4.78, 5) is 11.5. The summed E-state index contributed by atoms with van der Waals surface area (Å²) in [6, 6.07) is 13.0. The first kappa shape index (κ1) is 23.8. The van der Waals surface area contributed by atoms with Gasteiger partial charge >= 0.3 is 5.97 Å². The molecule has 0 saturated carbocycles. The topological polar surface area (TPSA) is 97.4 Å². The van der Waals surface area contributed by atoms with Crippen LogP contribution in [0.5, 0.6) is 5.75 Å². The number of hydrogen-bond acceptors (Lipinski definition) is 8. The van der Waals surface area contributed by atoms with Crippen molar-refractivity contribution in [2.45, 2.75) is 11.8 Å². The molecule has 2 aromatic rings. The van der Waals surface area contributed by atoms with E-state index in [1.165, 1.54) is 19.2 Å². The zero-order valence-electron chi connectivity index (χ0n) is 17.0. The first-order valence-electron chi connectivity index (χ1n) is 9.35. The third-order valence-electron chi connectivity index (χ3n) is 3.92. The molecule has 0 unspecified atom stereocenters. The lowest BCUT2D eigenvalue weighted by atomic mass is 10.2. The molecule has 0 spiro atoms. The summed E-state index contributed by atoms with van der Waals surface area (Å²) in [5.41, 5.74) is 1.42. The lowest BCUT2D eigenvalue weighted by molar-refractivity contribution is 0.0279. The van der Waals surface area contributed by atoms with Crippen LogP contribution in [0.1, 0.15) is 15.9 Å². The molecule has 8 nitrogen and oxygen atoms in total. The Labute approximate surface area is 176 Å². The van der Waals surface area contributed by atoms with E-state index in [0.717, 1.165) is 5.56 Å². The predicted octanol–water partition coefficient (Wildman–Crippen LogP) is 2.60. The van der Waals surface area contributed by atoms with Crippen molar-refractivity contribution in [2.24, 2.45) is 0 Å². The van der Waals surface area contributed by atoms with Crippen molar-refractivity contribution < 1.29 is 36.3 Å². The highest BCUT2D eigenvalue weighted by molar-refractivity contribution is 7.86. The van der Waals surface area contributed by atoms with Crippen molar-refractivity contribution in [1.29, 1.82) is 0 Å². The number of aryl methyl sites for hydroxylation is 1. The van der Waals surface area contributed by atoms with Gasteiger partial charge in [-0.1, -0.05) is 17.7 Å². The van der Waals surface area contributed by atoms with Gasteiger partial charge in [0.25, 0.3) is 10.1 Å². The highest BCUT2D eigenvalue weighted by atomic mass is 32.2. The standard InChI is InChI=1S/C21H26O8S/c1-17-3-9-20(10-4-17)30(23,24)29-16-14-27-12-11-26-13-15-28-19-7-5-18(6-8-19)21(22)25-2/h3-10H,11-16H2,1-2H3. The molecule has 2 rings (SSSR count). The average Bonchev–Trinajstić information content (AvgIpc) is 2.75. The Morgan fingerprint density at radius 2 is 1.37 bits per heavy atom. The first-order valence-corrected chi connectivity index (χ1v) is 10.8. The summed E-state index contributed by atoms with van der Waals surface area (Å²) >= 11 is 0.